The fourth-order valence-electron chi connectivity index (χ4n) is 1.19. The minimum absolute atomic E-state index is 0.863. The Morgan fingerprint density at radius 1 is 1.08 bits per heavy atom. The molecule has 0 N–H and O–H groups in total. The van der Waals surface area contributed by atoms with Crippen LogP contribution in [-0.4, -0.2) is 35.2 Å². The maximum Gasteiger partial charge on any atom is 0.134 e. The molecule has 2 heteroatoms. The van der Waals surface area contributed by atoms with Gasteiger partial charge in [-0.05, 0) is 12.1 Å². The van der Waals surface area contributed by atoms with Gasteiger partial charge in [0.1, 0.15) is 5.69 Å². The fourth-order valence-corrected chi connectivity index (χ4v) is 1.19. The van der Waals surface area contributed by atoms with E-state index >= 15 is 0 Å². The first-order valence-electron chi connectivity index (χ1n) is 4.50. The van der Waals surface area contributed by atoms with Crippen LogP contribution in [0, 0.1) is 0 Å². The van der Waals surface area contributed by atoms with Crippen LogP contribution in [0.1, 0.15) is 0 Å². The van der Waals surface area contributed by atoms with E-state index in [1.807, 2.05) is 0 Å². The van der Waals surface area contributed by atoms with Crippen molar-refractivity contribution in [2.24, 2.45) is 0 Å². The molecule has 1 aromatic rings. The summed E-state index contributed by atoms with van der Waals surface area (Å²) in [5.74, 6) is 0. The first kappa shape index (κ1) is 10.1. The number of anilines is 1. The van der Waals surface area contributed by atoms with Crippen molar-refractivity contribution in [2.75, 3.05) is 40.1 Å². The van der Waals surface area contributed by atoms with Gasteiger partial charge in [-0.25, -0.2) is 0 Å². The maximum atomic E-state index is 2.22. The van der Waals surface area contributed by atoms with Crippen LogP contribution in [0.5, 0.6) is 0 Å². The Bertz CT molecular complexity index is 284. The molecule has 0 amide bonds. The zero-order chi connectivity index (χ0) is 10.1. The number of rotatable bonds is 2. The average Bonchev–Trinajstić information content (AvgIpc) is 2.03. The lowest BCUT2D eigenvalue weighted by Crippen LogP contribution is -2.34. The monoisotopic (exact) mass is 179 g/mol. The van der Waals surface area contributed by atoms with Crippen molar-refractivity contribution in [1.29, 1.82) is 0 Å². The van der Waals surface area contributed by atoms with Gasteiger partial charge in [0.2, 0.25) is 0 Å². The molecule has 0 saturated carbocycles. The summed E-state index contributed by atoms with van der Waals surface area (Å²) in [7, 11) is 10.7. The van der Waals surface area contributed by atoms with Crippen LogP contribution in [-0.2, 0) is 0 Å². The first-order valence-corrected chi connectivity index (χ1v) is 4.50. The van der Waals surface area contributed by atoms with E-state index in [-0.39, 0.29) is 0 Å². The highest BCUT2D eigenvalue weighted by Gasteiger charge is 2.12. The van der Waals surface area contributed by atoms with E-state index in [1.54, 1.807) is 0 Å². The van der Waals surface area contributed by atoms with Gasteiger partial charge in [-0.3, -0.25) is 4.48 Å². The van der Waals surface area contributed by atoms with E-state index in [9.17, 15) is 0 Å². The number of quaternary nitrogens is 1. The van der Waals surface area contributed by atoms with Gasteiger partial charge in [0.05, 0.1) is 21.1 Å². The van der Waals surface area contributed by atoms with E-state index in [0.717, 1.165) is 4.48 Å². The molecule has 0 aliphatic carbocycles. The predicted molar refractivity (Wildman–Crippen MR) is 60.3 cm³/mol. The van der Waals surface area contributed by atoms with Crippen molar-refractivity contribution in [2.45, 2.75) is 0 Å². The first-order chi connectivity index (χ1) is 5.91. The third-order valence-corrected chi connectivity index (χ3v) is 2.12. The molecule has 0 spiro atoms. The summed E-state index contributed by atoms with van der Waals surface area (Å²) in [4.78, 5) is 2.12. The third kappa shape index (κ3) is 2.46. The highest BCUT2D eigenvalue weighted by atomic mass is 15.3. The summed E-state index contributed by atoms with van der Waals surface area (Å²) in [5, 5.41) is 0. The fraction of sp³-hybridized carbons (Fsp3) is 0.455. The molecule has 0 saturated heterocycles. The van der Waals surface area contributed by atoms with Crippen LogP contribution >= 0.6 is 0 Å². The summed E-state index contributed by atoms with van der Waals surface area (Å²) in [6.07, 6.45) is 0. The van der Waals surface area contributed by atoms with Crippen LogP contribution in [0.2, 0.25) is 0 Å². The maximum absolute atomic E-state index is 2.22. The van der Waals surface area contributed by atoms with Gasteiger partial charge >= 0.3 is 0 Å². The van der Waals surface area contributed by atoms with Crippen LogP contribution in [0.3, 0.4) is 0 Å². The Kier molecular flexibility index (Phi) is 2.62. The van der Waals surface area contributed by atoms with Gasteiger partial charge in [-0.1, -0.05) is 6.07 Å². The summed E-state index contributed by atoms with van der Waals surface area (Å²) in [5.41, 5.74) is 2.58. The largest absolute Gasteiger partial charge is 0.377 e. The van der Waals surface area contributed by atoms with Gasteiger partial charge in [0.15, 0.2) is 0 Å². The number of hydrogen-bond donors (Lipinski definition) is 0. The van der Waals surface area contributed by atoms with Gasteiger partial charge in [0, 0.05) is 25.8 Å². The molecule has 72 valence electrons. The van der Waals surface area contributed by atoms with Gasteiger partial charge in [-0.15, -0.1) is 0 Å². The van der Waals surface area contributed by atoms with Crippen molar-refractivity contribution < 1.29 is 0 Å². The van der Waals surface area contributed by atoms with E-state index in [1.165, 1.54) is 11.4 Å². The molecule has 0 radical (unpaired) electrons. The molecule has 0 fully saturated rings. The highest BCUT2D eigenvalue weighted by molar-refractivity contribution is 5.56. The molecule has 0 unspecified atom stereocenters. The summed E-state index contributed by atoms with van der Waals surface area (Å²) < 4.78 is 0.863. The van der Waals surface area contributed by atoms with Crippen molar-refractivity contribution in [3.63, 3.8) is 0 Å². The Hall–Kier alpha value is -1.02. The van der Waals surface area contributed by atoms with E-state index in [4.69, 9.17) is 0 Å². The van der Waals surface area contributed by atoms with Crippen LogP contribution in [0.4, 0.5) is 11.4 Å². The number of nitrogens with zero attached hydrogens (tertiary/aromatic N) is 2. The van der Waals surface area contributed by atoms with Crippen molar-refractivity contribution in [3.8, 4) is 0 Å². The normalized spacial score (nSPS) is 11.5. The lowest BCUT2D eigenvalue weighted by atomic mass is 10.2. The minimum Gasteiger partial charge on any atom is -0.377 e. The molecular weight excluding hydrogens is 160 g/mol. The SMILES string of the molecule is CN(C)c1cccc([N+](C)(C)C)c1. The number of benzene rings is 1. The quantitative estimate of drug-likeness (QED) is 0.627. The zero-order valence-electron chi connectivity index (χ0n) is 9.20. The van der Waals surface area contributed by atoms with Crippen LogP contribution < -0.4 is 9.38 Å². The molecule has 1 aromatic carbocycles. The standard InChI is InChI=1S/C11H19N2/c1-12(2)10-7-6-8-11(9-10)13(3,4)5/h6-9H,1-5H3/q+1. The summed E-state index contributed by atoms with van der Waals surface area (Å²) >= 11 is 0. The molecule has 2 nitrogen and oxygen atoms in total. The lowest BCUT2D eigenvalue weighted by Gasteiger charge is -2.24. The Labute approximate surface area is 81.0 Å². The van der Waals surface area contributed by atoms with E-state index in [2.05, 4.69) is 64.4 Å². The smallest absolute Gasteiger partial charge is 0.134 e. The van der Waals surface area contributed by atoms with Crippen molar-refractivity contribution in [3.05, 3.63) is 24.3 Å². The molecule has 0 aromatic heterocycles. The van der Waals surface area contributed by atoms with Crippen LogP contribution in [0.15, 0.2) is 24.3 Å². The van der Waals surface area contributed by atoms with Crippen molar-refractivity contribution >= 4 is 11.4 Å². The van der Waals surface area contributed by atoms with E-state index < -0.39 is 0 Å². The lowest BCUT2D eigenvalue weighted by molar-refractivity contribution is 0.486. The average molecular weight is 179 g/mol. The second-order valence-electron chi connectivity index (χ2n) is 4.43. The van der Waals surface area contributed by atoms with E-state index in [0.29, 0.717) is 0 Å². The molecule has 0 aliphatic heterocycles. The number of hydrogen-bond acceptors (Lipinski definition) is 1. The topological polar surface area (TPSA) is 3.24 Å². The van der Waals surface area contributed by atoms with Gasteiger partial charge in [-0.2, -0.15) is 0 Å². The molecule has 13 heavy (non-hydrogen) atoms. The van der Waals surface area contributed by atoms with Crippen molar-refractivity contribution in [1.82, 2.24) is 4.48 Å². The third-order valence-electron chi connectivity index (χ3n) is 2.12. The van der Waals surface area contributed by atoms with Gasteiger partial charge < -0.3 is 4.90 Å². The van der Waals surface area contributed by atoms with Gasteiger partial charge in [0.25, 0.3) is 0 Å². The molecule has 0 bridgehead atoms. The Morgan fingerprint density at radius 3 is 2.15 bits per heavy atom. The Balaban J connectivity index is 3.06. The molecule has 0 aliphatic rings. The molecule has 0 heterocycles. The Morgan fingerprint density at radius 2 is 1.69 bits per heavy atom. The summed E-state index contributed by atoms with van der Waals surface area (Å²) in [6.45, 7) is 0. The van der Waals surface area contributed by atoms with Crippen LogP contribution in [0.25, 0.3) is 0 Å². The molecule has 0 atom stereocenters. The minimum atomic E-state index is 0.863. The molecular formula is C11H19N2+. The second kappa shape index (κ2) is 3.38. The zero-order valence-corrected chi connectivity index (χ0v) is 9.20. The highest BCUT2D eigenvalue weighted by Crippen LogP contribution is 2.22. The predicted octanol–water partition coefficient (Wildman–Crippen LogP) is 1.95. The second-order valence-corrected chi connectivity index (χ2v) is 4.43. The molecule has 1 rings (SSSR count). The summed E-state index contributed by atoms with van der Waals surface area (Å²) in [6, 6.07) is 8.61.